The Hall–Kier alpha value is -0.640. The molecule has 3 N–H and O–H groups in total. The van der Waals surface area contributed by atoms with Gasteiger partial charge in [-0.15, -0.1) is 0 Å². The Bertz CT molecular complexity index is 188. The number of halogens is 1. The molecule has 76 valence electrons. The van der Waals surface area contributed by atoms with Crippen molar-refractivity contribution in [3.63, 3.8) is 0 Å². The second-order valence-corrected chi connectivity index (χ2v) is 3.80. The number of carboxylic acids is 1. The van der Waals surface area contributed by atoms with Gasteiger partial charge in [0.05, 0.1) is 5.41 Å². The zero-order valence-corrected chi connectivity index (χ0v) is 7.63. The zero-order chi connectivity index (χ0) is 9.90. The van der Waals surface area contributed by atoms with E-state index in [1.807, 2.05) is 0 Å². The Kier molecular flexibility index (Phi) is 3.25. The zero-order valence-electron chi connectivity index (χ0n) is 7.63. The van der Waals surface area contributed by atoms with E-state index in [1.54, 1.807) is 0 Å². The average molecular weight is 189 g/mol. The maximum Gasteiger partial charge on any atom is 0.309 e. The van der Waals surface area contributed by atoms with Gasteiger partial charge < -0.3 is 10.8 Å². The largest absolute Gasteiger partial charge is 0.481 e. The Labute approximate surface area is 77.1 Å². The van der Waals surface area contributed by atoms with Gasteiger partial charge in [-0.2, -0.15) is 0 Å². The van der Waals surface area contributed by atoms with Crippen LogP contribution in [0.2, 0.25) is 0 Å². The monoisotopic (exact) mass is 189 g/mol. The molecule has 0 unspecified atom stereocenters. The molecular weight excluding hydrogens is 173 g/mol. The maximum atomic E-state index is 12.8. The average Bonchev–Trinajstić information content (AvgIpc) is 2.09. The van der Waals surface area contributed by atoms with E-state index in [2.05, 4.69) is 0 Å². The minimum Gasteiger partial charge on any atom is -0.481 e. The summed E-state index contributed by atoms with van der Waals surface area (Å²) in [5.74, 6) is -0.815. The van der Waals surface area contributed by atoms with Crippen LogP contribution in [0.5, 0.6) is 0 Å². The number of nitrogens with two attached hydrogens (primary N) is 1. The predicted molar refractivity (Wildman–Crippen MR) is 47.1 cm³/mol. The molecule has 13 heavy (non-hydrogen) atoms. The van der Waals surface area contributed by atoms with E-state index in [-0.39, 0.29) is 0 Å². The molecular formula is C9H16FNO2. The topological polar surface area (TPSA) is 63.3 Å². The molecule has 0 bridgehead atoms. The molecule has 4 heteroatoms. The summed E-state index contributed by atoms with van der Waals surface area (Å²) in [5.41, 5.74) is 4.62. The van der Waals surface area contributed by atoms with Gasteiger partial charge in [0, 0.05) is 0 Å². The van der Waals surface area contributed by atoms with E-state index in [1.165, 1.54) is 0 Å². The van der Waals surface area contributed by atoms with Crippen molar-refractivity contribution >= 4 is 5.97 Å². The molecule has 1 rings (SSSR count). The van der Waals surface area contributed by atoms with E-state index in [4.69, 9.17) is 10.8 Å². The SMILES string of the molecule is NCCC1(C(=O)O)CCC(F)CC1. The molecule has 0 saturated heterocycles. The molecule has 1 aliphatic carbocycles. The first kappa shape index (κ1) is 10.4. The molecule has 0 aromatic rings. The number of hydrogen-bond donors (Lipinski definition) is 2. The normalized spacial score (nSPS) is 34.5. The molecule has 1 aliphatic rings. The lowest BCUT2D eigenvalue weighted by atomic mass is 9.71. The van der Waals surface area contributed by atoms with E-state index in [0.29, 0.717) is 38.6 Å². The van der Waals surface area contributed by atoms with E-state index >= 15 is 0 Å². The van der Waals surface area contributed by atoms with Crippen LogP contribution in [0.3, 0.4) is 0 Å². The van der Waals surface area contributed by atoms with Gasteiger partial charge in [-0.25, -0.2) is 4.39 Å². The summed E-state index contributed by atoms with van der Waals surface area (Å²) in [4.78, 5) is 11.0. The summed E-state index contributed by atoms with van der Waals surface area (Å²) >= 11 is 0. The fourth-order valence-corrected chi connectivity index (χ4v) is 1.98. The van der Waals surface area contributed by atoms with Gasteiger partial charge in [0.25, 0.3) is 0 Å². The van der Waals surface area contributed by atoms with Gasteiger partial charge in [-0.1, -0.05) is 0 Å². The second-order valence-electron chi connectivity index (χ2n) is 3.80. The van der Waals surface area contributed by atoms with Crippen LogP contribution in [-0.4, -0.2) is 23.8 Å². The molecule has 0 aromatic heterocycles. The molecule has 1 fully saturated rings. The second kappa shape index (κ2) is 4.05. The third-order valence-corrected chi connectivity index (χ3v) is 2.95. The first-order valence-electron chi connectivity index (χ1n) is 4.68. The summed E-state index contributed by atoms with van der Waals surface area (Å²) in [6.45, 7) is 0.364. The first-order chi connectivity index (χ1) is 6.10. The van der Waals surface area contributed by atoms with Crippen molar-refractivity contribution in [1.29, 1.82) is 0 Å². The molecule has 0 spiro atoms. The van der Waals surface area contributed by atoms with Crippen LogP contribution in [0.4, 0.5) is 4.39 Å². The van der Waals surface area contributed by atoms with E-state index < -0.39 is 17.6 Å². The highest BCUT2D eigenvalue weighted by Crippen LogP contribution is 2.40. The van der Waals surface area contributed by atoms with Crippen molar-refractivity contribution in [3.05, 3.63) is 0 Å². The molecule has 0 radical (unpaired) electrons. The van der Waals surface area contributed by atoms with Crippen molar-refractivity contribution in [2.75, 3.05) is 6.54 Å². The number of rotatable bonds is 3. The van der Waals surface area contributed by atoms with Gasteiger partial charge in [0.15, 0.2) is 0 Å². The number of hydrogen-bond acceptors (Lipinski definition) is 2. The summed E-state index contributed by atoms with van der Waals surface area (Å²) in [6.07, 6.45) is 1.25. The minimum absolute atomic E-state index is 0.364. The van der Waals surface area contributed by atoms with E-state index in [0.717, 1.165) is 0 Å². The summed E-state index contributed by atoms with van der Waals surface area (Å²) in [6, 6.07) is 0. The number of alkyl halides is 1. The summed E-state index contributed by atoms with van der Waals surface area (Å²) in [5, 5.41) is 9.03. The van der Waals surface area contributed by atoms with Crippen molar-refractivity contribution in [3.8, 4) is 0 Å². The van der Waals surface area contributed by atoms with Crippen molar-refractivity contribution in [1.82, 2.24) is 0 Å². The third-order valence-electron chi connectivity index (χ3n) is 2.95. The van der Waals surface area contributed by atoms with Gasteiger partial charge >= 0.3 is 5.97 Å². The highest BCUT2D eigenvalue weighted by Gasteiger charge is 2.41. The Morgan fingerprint density at radius 2 is 2.08 bits per heavy atom. The smallest absolute Gasteiger partial charge is 0.309 e. The summed E-state index contributed by atoms with van der Waals surface area (Å²) in [7, 11) is 0. The lowest BCUT2D eigenvalue weighted by molar-refractivity contribution is -0.152. The fourth-order valence-electron chi connectivity index (χ4n) is 1.98. The standard InChI is InChI=1S/C9H16FNO2/c10-7-1-3-9(4-2-7,5-6-11)8(12)13/h7H,1-6,11H2,(H,12,13). The van der Waals surface area contributed by atoms with Gasteiger partial charge in [-0.05, 0) is 38.6 Å². The molecule has 0 aliphatic heterocycles. The van der Waals surface area contributed by atoms with Crippen molar-refractivity contribution in [2.45, 2.75) is 38.3 Å². The lowest BCUT2D eigenvalue weighted by Gasteiger charge is -2.34. The number of carbonyl (C=O) groups is 1. The Morgan fingerprint density at radius 1 is 1.54 bits per heavy atom. The van der Waals surface area contributed by atoms with Crippen LogP contribution in [0.15, 0.2) is 0 Å². The van der Waals surface area contributed by atoms with Crippen LogP contribution in [0, 0.1) is 5.41 Å². The molecule has 0 amide bonds. The van der Waals surface area contributed by atoms with Crippen LogP contribution in [0.1, 0.15) is 32.1 Å². The Morgan fingerprint density at radius 3 is 2.46 bits per heavy atom. The first-order valence-corrected chi connectivity index (χ1v) is 4.68. The van der Waals surface area contributed by atoms with Crippen molar-refractivity contribution in [2.24, 2.45) is 11.1 Å². The molecule has 1 saturated carbocycles. The Balaban J connectivity index is 2.63. The van der Waals surface area contributed by atoms with Gasteiger partial charge in [0.1, 0.15) is 6.17 Å². The molecule has 3 nitrogen and oxygen atoms in total. The molecule has 0 heterocycles. The van der Waals surface area contributed by atoms with E-state index in [9.17, 15) is 9.18 Å². The van der Waals surface area contributed by atoms with Crippen LogP contribution < -0.4 is 5.73 Å². The lowest BCUT2D eigenvalue weighted by Crippen LogP contribution is -2.37. The minimum atomic E-state index is -0.815. The summed E-state index contributed by atoms with van der Waals surface area (Å²) < 4.78 is 12.8. The predicted octanol–water partition coefficient (Wildman–Crippen LogP) is 1.32. The van der Waals surface area contributed by atoms with Crippen LogP contribution in [0.25, 0.3) is 0 Å². The van der Waals surface area contributed by atoms with Crippen molar-refractivity contribution < 1.29 is 14.3 Å². The highest BCUT2D eigenvalue weighted by molar-refractivity contribution is 5.74. The van der Waals surface area contributed by atoms with Crippen LogP contribution >= 0.6 is 0 Å². The van der Waals surface area contributed by atoms with Gasteiger partial charge in [-0.3, -0.25) is 4.79 Å². The third kappa shape index (κ3) is 2.18. The quantitative estimate of drug-likeness (QED) is 0.703. The molecule has 0 aromatic carbocycles. The fraction of sp³-hybridized carbons (Fsp3) is 0.889. The molecule has 0 atom stereocenters. The van der Waals surface area contributed by atoms with Gasteiger partial charge in [0.2, 0.25) is 0 Å². The highest BCUT2D eigenvalue weighted by atomic mass is 19.1. The van der Waals surface area contributed by atoms with Crippen LogP contribution in [-0.2, 0) is 4.79 Å². The maximum absolute atomic E-state index is 12.8. The number of aliphatic carboxylic acids is 1. The number of carboxylic acid groups (broad SMARTS) is 1.